The summed E-state index contributed by atoms with van der Waals surface area (Å²) < 4.78 is 32.5. The van der Waals surface area contributed by atoms with E-state index in [1.807, 2.05) is 13.8 Å². The first-order valence-electron chi connectivity index (χ1n) is 9.67. The number of esters is 1. The molecule has 1 saturated heterocycles. The molecule has 30 heavy (non-hydrogen) atoms. The van der Waals surface area contributed by atoms with Crippen LogP contribution in [0.15, 0.2) is 53.4 Å². The topological polar surface area (TPSA) is 107 Å². The summed E-state index contributed by atoms with van der Waals surface area (Å²) in [5.41, 5.74) is 0.615. The number of hydrogen-bond acceptors (Lipinski definition) is 6. The Morgan fingerprint density at radius 1 is 1.13 bits per heavy atom. The maximum atomic E-state index is 12.9. The highest BCUT2D eigenvalue weighted by atomic mass is 32.2. The van der Waals surface area contributed by atoms with Crippen molar-refractivity contribution in [3.8, 4) is 0 Å². The van der Waals surface area contributed by atoms with Crippen LogP contribution in [0.25, 0.3) is 0 Å². The molecule has 8 nitrogen and oxygen atoms in total. The van der Waals surface area contributed by atoms with Gasteiger partial charge in [0, 0.05) is 25.2 Å². The van der Waals surface area contributed by atoms with Crippen molar-refractivity contribution in [1.82, 2.24) is 4.31 Å². The number of ether oxygens (including phenoxy) is 1. The molecule has 0 bridgehead atoms. The Kier molecular flexibility index (Phi) is 6.52. The Bertz CT molecular complexity index is 1030. The van der Waals surface area contributed by atoms with Gasteiger partial charge in [-0.25, -0.2) is 13.2 Å². The fourth-order valence-electron chi connectivity index (χ4n) is 3.71. The number of piperidine rings is 1. The van der Waals surface area contributed by atoms with Gasteiger partial charge in [-0.2, -0.15) is 4.31 Å². The van der Waals surface area contributed by atoms with Crippen LogP contribution >= 0.6 is 0 Å². The van der Waals surface area contributed by atoms with Crippen LogP contribution in [0, 0.1) is 22.0 Å². The highest BCUT2D eigenvalue weighted by molar-refractivity contribution is 7.89. The van der Waals surface area contributed by atoms with Crippen LogP contribution in [0.3, 0.4) is 0 Å². The Morgan fingerprint density at radius 3 is 2.37 bits per heavy atom. The van der Waals surface area contributed by atoms with Crippen LogP contribution in [0.1, 0.15) is 36.2 Å². The first kappa shape index (κ1) is 21.9. The molecule has 0 amide bonds. The summed E-state index contributed by atoms with van der Waals surface area (Å²) >= 11 is 0. The van der Waals surface area contributed by atoms with Crippen molar-refractivity contribution < 1.29 is 22.9 Å². The monoisotopic (exact) mass is 432 g/mol. The predicted octanol–water partition coefficient (Wildman–Crippen LogP) is 3.62. The molecule has 1 aliphatic rings. The normalized spacial score (nSPS) is 19.9. The van der Waals surface area contributed by atoms with Gasteiger partial charge in [0.05, 0.1) is 15.4 Å². The van der Waals surface area contributed by atoms with Gasteiger partial charge in [0.2, 0.25) is 10.0 Å². The Labute approximate surface area is 175 Å². The molecule has 0 spiro atoms. The van der Waals surface area contributed by atoms with Crippen LogP contribution < -0.4 is 0 Å². The Balaban J connectivity index is 1.67. The first-order chi connectivity index (χ1) is 14.2. The van der Waals surface area contributed by atoms with E-state index in [9.17, 15) is 23.3 Å². The van der Waals surface area contributed by atoms with E-state index in [1.165, 1.54) is 46.8 Å². The Hall–Kier alpha value is -2.78. The van der Waals surface area contributed by atoms with Gasteiger partial charge in [0.25, 0.3) is 5.69 Å². The number of benzene rings is 2. The largest absolute Gasteiger partial charge is 0.457 e. The van der Waals surface area contributed by atoms with E-state index in [0.29, 0.717) is 30.5 Å². The second kappa shape index (κ2) is 8.93. The van der Waals surface area contributed by atoms with Crippen molar-refractivity contribution >= 4 is 21.7 Å². The van der Waals surface area contributed by atoms with Crippen LogP contribution in [0.4, 0.5) is 5.69 Å². The van der Waals surface area contributed by atoms with Crippen molar-refractivity contribution in [2.24, 2.45) is 11.8 Å². The fraction of sp³-hybridized carbons (Fsp3) is 0.381. The average Bonchev–Trinajstić information content (AvgIpc) is 2.71. The van der Waals surface area contributed by atoms with Gasteiger partial charge >= 0.3 is 5.97 Å². The van der Waals surface area contributed by atoms with Gasteiger partial charge < -0.3 is 4.74 Å². The molecule has 0 N–H and O–H groups in total. The minimum absolute atomic E-state index is 0.0838. The zero-order chi connectivity index (χ0) is 21.9. The summed E-state index contributed by atoms with van der Waals surface area (Å²) in [4.78, 5) is 22.7. The van der Waals surface area contributed by atoms with Crippen molar-refractivity contribution in [2.75, 3.05) is 13.1 Å². The SMILES string of the molecule is CC1CC(C)CN(S(=O)(=O)c2ccc(C(=O)OCc3cccc([N+](=O)[O-])c3)cc2)C1. The van der Waals surface area contributed by atoms with Gasteiger partial charge in [-0.15, -0.1) is 0 Å². The van der Waals surface area contributed by atoms with Crippen LogP contribution in [-0.4, -0.2) is 36.7 Å². The van der Waals surface area contributed by atoms with Crippen LogP contribution in [-0.2, 0) is 21.4 Å². The number of hydrogen-bond donors (Lipinski definition) is 0. The predicted molar refractivity (Wildman–Crippen MR) is 110 cm³/mol. The van der Waals surface area contributed by atoms with Crippen molar-refractivity contribution in [3.05, 3.63) is 69.8 Å². The summed E-state index contributed by atoms with van der Waals surface area (Å²) in [6.45, 7) is 4.93. The van der Waals surface area contributed by atoms with Gasteiger partial charge in [-0.05, 0) is 48.1 Å². The van der Waals surface area contributed by atoms with Gasteiger partial charge in [-0.1, -0.05) is 26.0 Å². The zero-order valence-electron chi connectivity index (χ0n) is 16.9. The second-order valence-corrected chi connectivity index (χ2v) is 9.73. The van der Waals surface area contributed by atoms with Crippen molar-refractivity contribution in [1.29, 1.82) is 0 Å². The third kappa shape index (κ3) is 5.03. The minimum atomic E-state index is -3.62. The fourth-order valence-corrected chi connectivity index (χ4v) is 5.39. The number of nitro benzene ring substituents is 1. The molecule has 2 aromatic carbocycles. The summed E-state index contributed by atoms with van der Waals surface area (Å²) in [6.07, 6.45) is 1.00. The number of nitro groups is 1. The molecule has 2 aromatic rings. The molecule has 160 valence electrons. The standard InChI is InChI=1S/C21H24N2O6S/c1-15-10-16(2)13-22(12-15)30(27,28)20-8-6-18(7-9-20)21(24)29-14-17-4-3-5-19(11-17)23(25)26/h3-9,11,15-16H,10,12-14H2,1-2H3. The maximum absolute atomic E-state index is 12.9. The number of sulfonamides is 1. The van der Waals surface area contributed by atoms with Gasteiger partial charge in [-0.3, -0.25) is 10.1 Å². The lowest BCUT2D eigenvalue weighted by Gasteiger charge is -2.34. The smallest absolute Gasteiger partial charge is 0.338 e. The summed E-state index contributed by atoms with van der Waals surface area (Å²) in [5.74, 6) is -0.0381. The van der Waals surface area contributed by atoms with E-state index in [0.717, 1.165) is 6.42 Å². The molecule has 0 aromatic heterocycles. The molecule has 0 saturated carbocycles. The van der Waals surface area contributed by atoms with Gasteiger partial charge in [0.15, 0.2) is 0 Å². The number of rotatable bonds is 6. The molecule has 1 fully saturated rings. The number of carbonyl (C=O) groups excluding carboxylic acids is 1. The highest BCUT2D eigenvalue weighted by Crippen LogP contribution is 2.27. The molecule has 3 rings (SSSR count). The lowest BCUT2D eigenvalue weighted by Crippen LogP contribution is -2.42. The van der Waals surface area contributed by atoms with Crippen LogP contribution in [0.2, 0.25) is 0 Å². The lowest BCUT2D eigenvalue weighted by atomic mass is 9.94. The third-order valence-electron chi connectivity index (χ3n) is 5.05. The van der Waals surface area contributed by atoms with Gasteiger partial charge in [0.1, 0.15) is 6.61 Å². The van der Waals surface area contributed by atoms with E-state index >= 15 is 0 Å². The van der Waals surface area contributed by atoms with Crippen LogP contribution in [0.5, 0.6) is 0 Å². The third-order valence-corrected chi connectivity index (χ3v) is 6.90. The molecular formula is C21H24N2O6S. The Morgan fingerprint density at radius 2 is 1.77 bits per heavy atom. The molecule has 0 radical (unpaired) electrons. The molecule has 1 aliphatic heterocycles. The first-order valence-corrected chi connectivity index (χ1v) is 11.1. The van der Waals surface area contributed by atoms with E-state index in [4.69, 9.17) is 4.74 Å². The molecule has 2 atom stereocenters. The average molecular weight is 432 g/mol. The summed E-state index contributed by atoms with van der Waals surface area (Å²) in [7, 11) is -3.62. The quantitative estimate of drug-likeness (QED) is 0.392. The number of non-ortho nitro benzene ring substituents is 1. The molecule has 2 unspecified atom stereocenters. The maximum Gasteiger partial charge on any atom is 0.338 e. The van der Waals surface area contributed by atoms with Crippen molar-refractivity contribution in [2.45, 2.75) is 31.8 Å². The molecule has 9 heteroatoms. The molecule has 0 aliphatic carbocycles. The lowest BCUT2D eigenvalue weighted by molar-refractivity contribution is -0.384. The highest BCUT2D eigenvalue weighted by Gasteiger charge is 2.31. The van der Waals surface area contributed by atoms with E-state index in [2.05, 4.69) is 0 Å². The second-order valence-electron chi connectivity index (χ2n) is 7.80. The summed E-state index contributed by atoms with van der Waals surface area (Å²) in [6, 6.07) is 11.5. The minimum Gasteiger partial charge on any atom is -0.457 e. The van der Waals surface area contributed by atoms with E-state index in [1.54, 1.807) is 6.07 Å². The summed E-state index contributed by atoms with van der Waals surface area (Å²) in [5, 5.41) is 10.8. The molecule has 1 heterocycles. The molecular weight excluding hydrogens is 408 g/mol. The van der Waals surface area contributed by atoms with E-state index < -0.39 is 20.9 Å². The van der Waals surface area contributed by atoms with Crippen molar-refractivity contribution in [3.63, 3.8) is 0 Å². The number of nitrogens with zero attached hydrogens (tertiary/aromatic N) is 2. The zero-order valence-corrected chi connectivity index (χ0v) is 17.7. The number of carbonyl (C=O) groups is 1. The van der Waals surface area contributed by atoms with E-state index in [-0.39, 0.29) is 22.8 Å².